The summed E-state index contributed by atoms with van der Waals surface area (Å²) in [4.78, 5) is 32.5. The van der Waals surface area contributed by atoms with Crippen LogP contribution in [0.3, 0.4) is 0 Å². The summed E-state index contributed by atoms with van der Waals surface area (Å²) >= 11 is 0. The van der Waals surface area contributed by atoms with Gasteiger partial charge in [0.15, 0.2) is 0 Å². The van der Waals surface area contributed by atoms with E-state index in [1.165, 1.54) is 24.3 Å². The summed E-state index contributed by atoms with van der Waals surface area (Å²) in [5, 5.41) is 23.3. The Hall–Kier alpha value is -3.49. The number of carboxylic acid groups (broad SMARTS) is 1. The molecular formula is C16H15N3O6. The van der Waals surface area contributed by atoms with E-state index in [-0.39, 0.29) is 18.7 Å². The minimum Gasteiger partial charge on any atom is -0.481 e. The van der Waals surface area contributed by atoms with E-state index in [4.69, 9.17) is 9.84 Å². The maximum absolute atomic E-state index is 11.7. The van der Waals surface area contributed by atoms with E-state index in [1.54, 1.807) is 24.3 Å². The van der Waals surface area contributed by atoms with Crippen molar-refractivity contribution >= 4 is 23.5 Å². The van der Waals surface area contributed by atoms with E-state index >= 15 is 0 Å². The van der Waals surface area contributed by atoms with E-state index in [0.29, 0.717) is 11.3 Å². The van der Waals surface area contributed by atoms with Crippen molar-refractivity contribution in [1.82, 2.24) is 5.43 Å². The number of rotatable bonds is 6. The van der Waals surface area contributed by atoms with Crippen molar-refractivity contribution < 1.29 is 24.4 Å². The number of nitrogens with one attached hydrogen (secondary N) is 1. The Morgan fingerprint density at radius 2 is 2.00 bits per heavy atom. The molecule has 0 fully saturated rings. The van der Waals surface area contributed by atoms with Gasteiger partial charge in [-0.3, -0.25) is 14.9 Å². The lowest BCUT2D eigenvalue weighted by molar-refractivity contribution is -0.384. The molecule has 0 heterocycles. The molecule has 2 rings (SSSR count). The van der Waals surface area contributed by atoms with Crippen LogP contribution in [0.4, 0.5) is 10.5 Å². The number of hydrazone groups is 1. The molecule has 1 aliphatic rings. The Morgan fingerprint density at radius 3 is 2.64 bits per heavy atom. The van der Waals surface area contributed by atoms with E-state index in [1.807, 2.05) is 0 Å². The summed E-state index contributed by atoms with van der Waals surface area (Å²) in [5.41, 5.74) is 3.12. The fourth-order valence-corrected chi connectivity index (χ4v) is 2.06. The molecule has 1 amide bonds. The molecule has 0 aliphatic heterocycles. The highest BCUT2D eigenvalue weighted by Gasteiger charge is 2.17. The molecule has 0 radical (unpaired) electrons. The molecule has 1 atom stereocenters. The number of amides is 1. The Morgan fingerprint density at radius 1 is 1.28 bits per heavy atom. The van der Waals surface area contributed by atoms with Gasteiger partial charge < -0.3 is 9.84 Å². The van der Waals surface area contributed by atoms with Gasteiger partial charge >= 0.3 is 12.1 Å². The van der Waals surface area contributed by atoms with Crippen LogP contribution in [0, 0.1) is 16.0 Å². The van der Waals surface area contributed by atoms with Gasteiger partial charge in [-0.2, -0.15) is 5.10 Å². The van der Waals surface area contributed by atoms with Crippen LogP contribution in [-0.2, 0) is 16.1 Å². The summed E-state index contributed by atoms with van der Waals surface area (Å²) in [6, 6.07) is 5.59. The zero-order valence-corrected chi connectivity index (χ0v) is 13.0. The first-order valence-electron chi connectivity index (χ1n) is 7.26. The third kappa shape index (κ3) is 5.57. The summed E-state index contributed by atoms with van der Waals surface area (Å²) < 4.78 is 4.95. The van der Waals surface area contributed by atoms with Gasteiger partial charge in [-0.25, -0.2) is 10.2 Å². The summed E-state index contributed by atoms with van der Waals surface area (Å²) in [6.07, 6.45) is 5.71. The number of aliphatic carboxylic acids is 1. The van der Waals surface area contributed by atoms with Crippen LogP contribution in [-0.4, -0.2) is 27.8 Å². The van der Waals surface area contributed by atoms with Gasteiger partial charge in [0.1, 0.15) is 6.61 Å². The molecule has 9 heteroatoms. The summed E-state index contributed by atoms with van der Waals surface area (Å²) in [7, 11) is 0. The molecule has 9 nitrogen and oxygen atoms in total. The van der Waals surface area contributed by atoms with Gasteiger partial charge in [0.25, 0.3) is 5.69 Å². The molecule has 0 saturated heterocycles. The second-order valence-corrected chi connectivity index (χ2v) is 5.10. The zero-order valence-electron chi connectivity index (χ0n) is 13.0. The van der Waals surface area contributed by atoms with Gasteiger partial charge in [0, 0.05) is 18.1 Å². The molecule has 1 aromatic rings. The van der Waals surface area contributed by atoms with E-state index in [9.17, 15) is 19.7 Å². The Balaban J connectivity index is 1.87. The minimum absolute atomic E-state index is 0.0544. The number of hydrogen-bond acceptors (Lipinski definition) is 6. The van der Waals surface area contributed by atoms with Crippen molar-refractivity contribution in [3.8, 4) is 0 Å². The van der Waals surface area contributed by atoms with E-state index < -0.39 is 22.9 Å². The number of nitrogens with zero attached hydrogens (tertiary/aromatic N) is 2. The van der Waals surface area contributed by atoms with Crippen molar-refractivity contribution in [2.24, 2.45) is 11.0 Å². The van der Waals surface area contributed by atoms with Gasteiger partial charge in [0.05, 0.1) is 17.1 Å². The zero-order chi connectivity index (χ0) is 18.2. The van der Waals surface area contributed by atoms with Gasteiger partial charge in [-0.15, -0.1) is 0 Å². The summed E-state index contributed by atoms with van der Waals surface area (Å²) in [5.74, 6) is -1.41. The van der Waals surface area contributed by atoms with Crippen LogP contribution < -0.4 is 5.43 Å². The molecular weight excluding hydrogens is 330 g/mol. The second kappa shape index (κ2) is 8.39. The largest absolute Gasteiger partial charge is 0.481 e. The molecule has 1 unspecified atom stereocenters. The van der Waals surface area contributed by atoms with E-state index in [2.05, 4.69) is 10.5 Å². The SMILES string of the molecule is O=C(O)CC1C=CC=C/C1=N/NC(=O)OCc1ccc([N+](=O)[O-])cc1. The molecule has 0 saturated carbocycles. The number of non-ortho nitro benzene ring substituents is 1. The highest BCUT2D eigenvalue weighted by atomic mass is 16.6. The molecule has 1 aromatic carbocycles. The number of carbonyl (C=O) groups excluding carboxylic acids is 1. The normalized spacial score (nSPS) is 17.3. The standard InChI is InChI=1S/C16H15N3O6/c20-15(21)9-12-3-1-2-4-14(12)17-18-16(22)25-10-11-5-7-13(8-6-11)19(23)24/h1-8,12H,9-10H2,(H,18,22)(H,20,21)/b17-14-. The first-order valence-corrected chi connectivity index (χ1v) is 7.26. The van der Waals surface area contributed by atoms with Crippen LogP contribution in [0.15, 0.2) is 53.7 Å². The topological polar surface area (TPSA) is 131 Å². The van der Waals surface area contributed by atoms with Crippen molar-refractivity contribution in [3.63, 3.8) is 0 Å². The smallest absolute Gasteiger partial charge is 0.428 e. The maximum atomic E-state index is 11.7. The molecule has 0 bridgehead atoms. The number of hydrogen-bond donors (Lipinski definition) is 2. The highest BCUT2D eigenvalue weighted by molar-refractivity contribution is 6.01. The van der Waals surface area contributed by atoms with Crippen molar-refractivity contribution in [2.45, 2.75) is 13.0 Å². The van der Waals surface area contributed by atoms with Crippen molar-refractivity contribution in [1.29, 1.82) is 0 Å². The van der Waals surface area contributed by atoms with Gasteiger partial charge in [-0.1, -0.05) is 18.2 Å². The number of benzene rings is 1. The molecule has 0 spiro atoms. The molecule has 25 heavy (non-hydrogen) atoms. The lowest BCUT2D eigenvalue weighted by Crippen LogP contribution is -2.24. The van der Waals surface area contributed by atoms with E-state index in [0.717, 1.165) is 0 Å². The average molecular weight is 345 g/mol. The predicted octanol–water partition coefficient (Wildman–Crippen LogP) is 2.39. The second-order valence-electron chi connectivity index (χ2n) is 5.10. The quantitative estimate of drug-likeness (QED) is 0.601. The first kappa shape index (κ1) is 17.9. The molecule has 130 valence electrons. The predicted molar refractivity (Wildman–Crippen MR) is 87.9 cm³/mol. The first-order chi connectivity index (χ1) is 12.0. The summed E-state index contributed by atoms with van der Waals surface area (Å²) in [6.45, 7) is -0.0804. The maximum Gasteiger partial charge on any atom is 0.428 e. The lowest BCUT2D eigenvalue weighted by Gasteiger charge is -2.13. The van der Waals surface area contributed by atoms with Crippen LogP contribution >= 0.6 is 0 Å². The van der Waals surface area contributed by atoms with Crippen LogP contribution in [0.25, 0.3) is 0 Å². The molecule has 2 N–H and O–H groups in total. The Kier molecular flexibility index (Phi) is 5.99. The van der Waals surface area contributed by atoms with Gasteiger partial charge in [0.2, 0.25) is 0 Å². The molecule has 0 aromatic heterocycles. The fraction of sp³-hybridized carbons (Fsp3) is 0.188. The molecule has 1 aliphatic carbocycles. The third-order valence-electron chi connectivity index (χ3n) is 3.29. The number of nitro groups is 1. The number of ether oxygens (including phenoxy) is 1. The fourth-order valence-electron chi connectivity index (χ4n) is 2.06. The Labute approximate surface area is 142 Å². The third-order valence-corrected chi connectivity index (χ3v) is 3.29. The van der Waals surface area contributed by atoms with Crippen LogP contribution in [0.5, 0.6) is 0 Å². The monoisotopic (exact) mass is 345 g/mol. The lowest BCUT2D eigenvalue weighted by atomic mass is 9.95. The minimum atomic E-state index is -0.974. The highest BCUT2D eigenvalue weighted by Crippen LogP contribution is 2.14. The van der Waals surface area contributed by atoms with Crippen LogP contribution in [0.1, 0.15) is 12.0 Å². The number of allylic oxidation sites excluding steroid dienone is 4. The Bertz CT molecular complexity index is 752. The van der Waals surface area contributed by atoms with Crippen LogP contribution in [0.2, 0.25) is 0 Å². The van der Waals surface area contributed by atoms with Crippen molar-refractivity contribution in [2.75, 3.05) is 0 Å². The average Bonchev–Trinajstić information content (AvgIpc) is 2.59. The number of nitro benzene ring substituents is 1. The number of carbonyl (C=O) groups is 2. The van der Waals surface area contributed by atoms with Crippen molar-refractivity contribution in [3.05, 3.63) is 64.2 Å². The van der Waals surface area contributed by atoms with Gasteiger partial charge in [-0.05, 0) is 23.8 Å². The number of carboxylic acids is 1.